The van der Waals surface area contributed by atoms with Crippen LogP contribution in [0, 0.1) is 5.92 Å². The molecule has 2 atom stereocenters. The van der Waals surface area contributed by atoms with Crippen LogP contribution in [0.1, 0.15) is 17.9 Å². The lowest BCUT2D eigenvalue weighted by atomic mass is 10.00. The molecule has 1 fully saturated rings. The van der Waals surface area contributed by atoms with Gasteiger partial charge < -0.3 is 10.1 Å². The molecule has 2 aromatic rings. The van der Waals surface area contributed by atoms with E-state index < -0.39 is 5.97 Å². The van der Waals surface area contributed by atoms with E-state index in [0.29, 0.717) is 0 Å². The minimum Gasteiger partial charge on any atom is -0.468 e. The van der Waals surface area contributed by atoms with Crippen molar-refractivity contribution in [1.82, 2.24) is 5.32 Å². The SMILES string of the molecule is COC(=O)CNC(=O)C1CC1c1cccc2ccccc12. The van der Waals surface area contributed by atoms with Crippen molar-refractivity contribution in [2.75, 3.05) is 13.7 Å². The Balaban J connectivity index is 1.72. The van der Waals surface area contributed by atoms with Crippen LogP contribution >= 0.6 is 0 Å². The number of rotatable bonds is 4. The first-order valence-electron chi connectivity index (χ1n) is 7.03. The highest BCUT2D eigenvalue weighted by Crippen LogP contribution is 2.49. The Labute approximate surface area is 123 Å². The Hall–Kier alpha value is -2.36. The molecule has 2 aromatic carbocycles. The van der Waals surface area contributed by atoms with E-state index in [1.54, 1.807) is 0 Å². The topological polar surface area (TPSA) is 55.4 Å². The molecule has 1 aliphatic rings. The van der Waals surface area contributed by atoms with E-state index in [9.17, 15) is 9.59 Å². The quantitative estimate of drug-likeness (QED) is 0.875. The summed E-state index contributed by atoms with van der Waals surface area (Å²) in [6, 6.07) is 14.4. The van der Waals surface area contributed by atoms with Crippen LogP contribution in [0.3, 0.4) is 0 Å². The number of benzene rings is 2. The lowest BCUT2D eigenvalue weighted by molar-refractivity contribution is -0.141. The Kier molecular flexibility index (Phi) is 3.60. The second-order valence-electron chi connectivity index (χ2n) is 5.31. The van der Waals surface area contributed by atoms with Crippen LogP contribution < -0.4 is 5.32 Å². The summed E-state index contributed by atoms with van der Waals surface area (Å²) in [4.78, 5) is 23.1. The number of hydrogen-bond acceptors (Lipinski definition) is 3. The highest BCUT2D eigenvalue weighted by Gasteiger charge is 2.44. The zero-order valence-electron chi connectivity index (χ0n) is 11.8. The number of carbonyl (C=O) groups is 2. The average Bonchev–Trinajstić information content (AvgIpc) is 3.32. The third-order valence-electron chi connectivity index (χ3n) is 3.98. The summed E-state index contributed by atoms with van der Waals surface area (Å²) in [6.45, 7) is -0.0614. The largest absolute Gasteiger partial charge is 0.468 e. The number of fused-ring (bicyclic) bond motifs is 1. The molecule has 0 aromatic heterocycles. The van der Waals surface area contributed by atoms with Gasteiger partial charge in [0.25, 0.3) is 0 Å². The predicted octanol–water partition coefficient (Wildman–Crippen LogP) is 2.23. The van der Waals surface area contributed by atoms with Crippen LogP contribution in [-0.4, -0.2) is 25.5 Å². The third kappa shape index (κ3) is 2.75. The van der Waals surface area contributed by atoms with Crippen molar-refractivity contribution in [3.63, 3.8) is 0 Å². The van der Waals surface area contributed by atoms with Gasteiger partial charge in [0.15, 0.2) is 0 Å². The normalized spacial score (nSPS) is 20.0. The number of amides is 1. The second kappa shape index (κ2) is 5.56. The third-order valence-corrected chi connectivity index (χ3v) is 3.98. The number of nitrogens with one attached hydrogen (secondary N) is 1. The Morgan fingerprint density at radius 3 is 2.76 bits per heavy atom. The number of esters is 1. The molecule has 1 aliphatic carbocycles. The first-order chi connectivity index (χ1) is 10.2. The van der Waals surface area contributed by atoms with Gasteiger partial charge in [0.05, 0.1) is 7.11 Å². The van der Waals surface area contributed by atoms with Crippen molar-refractivity contribution in [3.8, 4) is 0 Å². The number of methoxy groups -OCH3 is 1. The van der Waals surface area contributed by atoms with Gasteiger partial charge in [0, 0.05) is 5.92 Å². The second-order valence-corrected chi connectivity index (χ2v) is 5.31. The fourth-order valence-corrected chi connectivity index (χ4v) is 2.76. The van der Waals surface area contributed by atoms with Gasteiger partial charge in [-0.05, 0) is 28.7 Å². The molecule has 0 bridgehead atoms. The van der Waals surface area contributed by atoms with E-state index in [4.69, 9.17) is 0 Å². The molecule has 21 heavy (non-hydrogen) atoms. The molecule has 4 nitrogen and oxygen atoms in total. The molecule has 1 N–H and O–H groups in total. The standard InChI is InChI=1S/C17H17NO3/c1-21-16(19)10-18-17(20)15-9-14(15)13-8-4-6-11-5-2-3-7-12(11)13/h2-8,14-15H,9-10H2,1H3,(H,18,20). The number of hydrogen-bond donors (Lipinski definition) is 1. The van der Waals surface area contributed by atoms with E-state index in [-0.39, 0.29) is 24.3 Å². The van der Waals surface area contributed by atoms with Gasteiger partial charge in [0.2, 0.25) is 5.91 Å². The van der Waals surface area contributed by atoms with Crippen LogP contribution in [0.4, 0.5) is 0 Å². The number of carbonyl (C=O) groups excluding carboxylic acids is 2. The summed E-state index contributed by atoms with van der Waals surface area (Å²) in [5.74, 6) is -0.293. The molecule has 0 heterocycles. The zero-order chi connectivity index (χ0) is 14.8. The molecule has 0 spiro atoms. The van der Waals surface area contributed by atoms with Gasteiger partial charge in [-0.25, -0.2) is 0 Å². The van der Waals surface area contributed by atoms with Gasteiger partial charge in [-0.1, -0.05) is 42.5 Å². The van der Waals surface area contributed by atoms with Gasteiger partial charge in [-0.2, -0.15) is 0 Å². The average molecular weight is 283 g/mol. The lowest BCUT2D eigenvalue weighted by Gasteiger charge is -2.06. The van der Waals surface area contributed by atoms with Crippen LogP contribution in [0.25, 0.3) is 10.8 Å². The maximum absolute atomic E-state index is 12.0. The van der Waals surface area contributed by atoms with Crippen LogP contribution in [0.2, 0.25) is 0 Å². The zero-order valence-corrected chi connectivity index (χ0v) is 11.8. The number of ether oxygens (including phenoxy) is 1. The first-order valence-corrected chi connectivity index (χ1v) is 7.03. The lowest BCUT2D eigenvalue weighted by Crippen LogP contribution is -2.31. The maximum Gasteiger partial charge on any atom is 0.325 e. The van der Waals surface area contributed by atoms with Crippen molar-refractivity contribution in [2.24, 2.45) is 5.92 Å². The Morgan fingerprint density at radius 1 is 1.19 bits per heavy atom. The van der Waals surface area contributed by atoms with Gasteiger partial charge in [-0.3, -0.25) is 9.59 Å². The fraction of sp³-hybridized carbons (Fsp3) is 0.294. The molecule has 0 radical (unpaired) electrons. The van der Waals surface area contributed by atoms with E-state index in [1.807, 2.05) is 18.2 Å². The summed E-state index contributed by atoms with van der Waals surface area (Å²) >= 11 is 0. The van der Waals surface area contributed by atoms with Crippen molar-refractivity contribution in [1.29, 1.82) is 0 Å². The van der Waals surface area contributed by atoms with Crippen molar-refractivity contribution >= 4 is 22.6 Å². The first kappa shape index (κ1) is 13.6. The maximum atomic E-state index is 12.0. The molecule has 3 rings (SSSR count). The molecule has 1 amide bonds. The summed E-state index contributed by atoms with van der Waals surface area (Å²) in [5, 5.41) is 5.02. The molecule has 2 unspecified atom stereocenters. The van der Waals surface area contributed by atoms with E-state index in [1.165, 1.54) is 23.4 Å². The van der Waals surface area contributed by atoms with Crippen LogP contribution in [0.5, 0.6) is 0 Å². The minimum absolute atomic E-state index is 0.0412. The molecule has 0 saturated heterocycles. The summed E-state index contributed by atoms with van der Waals surface area (Å²) in [7, 11) is 1.31. The molecular weight excluding hydrogens is 266 g/mol. The van der Waals surface area contributed by atoms with E-state index >= 15 is 0 Å². The van der Waals surface area contributed by atoms with Crippen LogP contribution in [-0.2, 0) is 14.3 Å². The van der Waals surface area contributed by atoms with Crippen molar-refractivity contribution < 1.29 is 14.3 Å². The Morgan fingerprint density at radius 2 is 1.95 bits per heavy atom. The van der Waals surface area contributed by atoms with Gasteiger partial charge in [-0.15, -0.1) is 0 Å². The highest BCUT2D eigenvalue weighted by molar-refractivity contribution is 5.90. The molecule has 4 heteroatoms. The molecule has 1 saturated carbocycles. The monoisotopic (exact) mass is 283 g/mol. The highest BCUT2D eigenvalue weighted by atomic mass is 16.5. The van der Waals surface area contributed by atoms with Gasteiger partial charge >= 0.3 is 5.97 Å². The van der Waals surface area contributed by atoms with E-state index in [2.05, 4.69) is 34.3 Å². The molecular formula is C17H17NO3. The summed E-state index contributed by atoms with van der Waals surface area (Å²) in [6.07, 6.45) is 0.834. The van der Waals surface area contributed by atoms with Crippen molar-refractivity contribution in [2.45, 2.75) is 12.3 Å². The smallest absolute Gasteiger partial charge is 0.325 e. The Bertz CT molecular complexity index is 690. The van der Waals surface area contributed by atoms with Gasteiger partial charge in [0.1, 0.15) is 6.54 Å². The summed E-state index contributed by atoms with van der Waals surface area (Å²) < 4.78 is 4.52. The van der Waals surface area contributed by atoms with E-state index in [0.717, 1.165) is 6.42 Å². The van der Waals surface area contributed by atoms with Crippen LogP contribution in [0.15, 0.2) is 42.5 Å². The predicted molar refractivity (Wildman–Crippen MR) is 79.8 cm³/mol. The molecule has 0 aliphatic heterocycles. The minimum atomic E-state index is -0.425. The van der Waals surface area contributed by atoms with Crippen molar-refractivity contribution in [3.05, 3.63) is 48.0 Å². The fourth-order valence-electron chi connectivity index (χ4n) is 2.76. The molecule has 108 valence electrons. The summed E-state index contributed by atoms with van der Waals surface area (Å²) in [5.41, 5.74) is 1.21.